The van der Waals surface area contributed by atoms with E-state index >= 15 is 0 Å². The molecule has 0 spiro atoms. The number of amides is 1. The molecule has 1 N–H and O–H groups in total. The number of alkyl halides is 3. The van der Waals surface area contributed by atoms with Crippen LogP contribution in [0.5, 0.6) is 11.5 Å². The number of halogens is 3. The zero-order chi connectivity index (χ0) is 18.7. The Morgan fingerprint density at radius 1 is 1.19 bits per heavy atom. The van der Waals surface area contributed by atoms with E-state index in [0.29, 0.717) is 28.3 Å². The van der Waals surface area contributed by atoms with Crippen molar-refractivity contribution in [2.24, 2.45) is 0 Å². The number of nitrogens with one attached hydrogen (secondary N) is 1. The number of aromatic nitrogens is 1. The van der Waals surface area contributed by atoms with Gasteiger partial charge in [-0.05, 0) is 18.2 Å². The second-order valence-corrected chi connectivity index (χ2v) is 5.68. The van der Waals surface area contributed by atoms with E-state index < -0.39 is 35.9 Å². The Kier molecular flexibility index (Phi) is 4.88. The highest BCUT2D eigenvalue weighted by Crippen LogP contribution is 2.30. The Morgan fingerprint density at radius 3 is 2.65 bits per heavy atom. The Hall–Kier alpha value is -2.97. The van der Waals surface area contributed by atoms with Gasteiger partial charge in [-0.2, -0.15) is 13.2 Å². The molecule has 0 aliphatic carbocycles. The van der Waals surface area contributed by atoms with E-state index in [1.807, 2.05) is 0 Å². The molecule has 1 atom stereocenters. The fraction of sp³-hybridized carbons (Fsp3) is 0.294. The number of pyridine rings is 1. The van der Waals surface area contributed by atoms with Gasteiger partial charge in [-0.3, -0.25) is 9.59 Å². The van der Waals surface area contributed by atoms with Crippen molar-refractivity contribution in [2.75, 3.05) is 13.2 Å². The summed E-state index contributed by atoms with van der Waals surface area (Å²) in [6.07, 6.45) is -4.41. The van der Waals surface area contributed by atoms with Crippen molar-refractivity contribution in [3.63, 3.8) is 0 Å². The predicted octanol–water partition coefficient (Wildman–Crippen LogP) is 1.82. The SMILES string of the molecule is O=C(Cn1cc(C(F)(F)F)ccc1=O)NCC1COc2ccccc2O1. The number of nitrogens with zero attached hydrogens (tertiary/aromatic N) is 1. The second kappa shape index (κ2) is 7.11. The molecule has 1 aromatic heterocycles. The first-order valence-electron chi connectivity index (χ1n) is 7.76. The molecule has 1 aromatic carbocycles. The molecular formula is C17H15F3N2O4. The molecule has 0 radical (unpaired) electrons. The minimum absolute atomic E-state index is 0.0981. The van der Waals surface area contributed by atoms with Crippen molar-refractivity contribution in [3.05, 3.63) is 58.5 Å². The van der Waals surface area contributed by atoms with E-state index in [1.165, 1.54) is 0 Å². The molecule has 1 aliphatic rings. The standard InChI is InChI=1S/C17H15F3N2O4/c18-17(19,20)11-5-6-16(24)22(8-11)9-15(23)21-7-12-10-25-13-3-1-2-4-14(13)26-12/h1-6,8,12H,7,9-10H2,(H,21,23). The van der Waals surface area contributed by atoms with E-state index in [4.69, 9.17) is 9.47 Å². The number of ether oxygens (including phenoxy) is 2. The van der Waals surface area contributed by atoms with Crippen LogP contribution in [0.3, 0.4) is 0 Å². The Balaban J connectivity index is 1.58. The summed E-state index contributed by atoms with van der Waals surface area (Å²) >= 11 is 0. The van der Waals surface area contributed by atoms with Gasteiger partial charge in [0.1, 0.15) is 19.3 Å². The lowest BCUT2D eigenvalue weighted by Gasteiger charge is -2.26. The van der Waals surface area contributed by atoms with Gasteiger partial charge in [0.2, 0.25) is 5.91 Å². The molecule has 9 heteroatoms. The monoisotopic (exact) mass is 368 g/mol. The summed E-state index contributed by atoms with van der Waals surface area (Å²) in [7, 11) is 0. The van der Waals surface area contributed by atoms with Gasteiger partial charge in [-0.25, -0.2) is 0 Å². The highest BCUT2D eigenvalue weighted by atomic mass is 19.4. The zero-order valence-electron chi connectivity index (χ0n) is 13.5. The van der Waals surface area contributed by atoms with Gasteiger partial charge in [0.25, 0.3) is 5.56 Å². The Labute approximate surface area is 146 Å². The highest BCUT2D eigenvalue weighted by molar-refractivity contribution is 5.75. The Bertz CT molecular complexity index is 864. The lowest BCUT2D eigenvalue weighted by Crippen LogP contribution is -2.42. The Morgan fingerprint density at radius 2 is 1.92 bits per heavy atom. The lowest BCUT2D eigenvalue weighted by molar-refractivity contribution is -0.138. The fourth-order valence-electron chi connectivity index (χ4n) is 2.42. The normalized spacial score (nSPS) is 16.2. The summed E-state index contributed by atoms with van der Waals surface area (Å²) in [6, 6.07) is 8.53. The molecular weight excluding hydrogens is 353 g/mol. The summed E-state index contributed by atoms with van der Waals surface area (Å²) in [5, 5.41) is 2.53. The van der Waals surface area contributed by atoms with Gasteiger partial charge in [0, 0.05) is 12.3 Å². The molecule has 6 nitrogen and oxygen atoms in total. The first-order valence-corrected chi connectivity index (χ1v) is 7.76. The quantitative estimate of drug-likeness (QED) is 0.894. The van der Waals surface area contributed by atoms with Crippen LogP contribution in [-0.2, 0) is 17.5 Å². The van der Waals surface area contributed by atoms with Crippen LogP contribution in [0.4, 0.5) is 13.2 Å². The van der Waals surface area contributed by atoms with Gasteiger partial charge >= 0.3 is 6.18 Å². The number of rotatable bonds is 4. The molecule has 2 heterocycles. The fourth-order valence-corrected chi connectivity index (χ4v) is 2.42. The third-order valence-electron chi connectivity index (χ3n) is 3.72. The van der Waals surface area contributed by atoms with Crippen LogP contribution in [0.25, 0.3) is 0 Å². The van der Waals surface area contributed by atoms with E-state index in [1.54, 1.807) is 24.3 Å². The molecule has 138 valence electrons. The van der Waals surface area contributed by atoms with Gasteiger partial charge < -0.3 is 19.4 Å². The number of carbonyl (C=O) groups is 1. The van der Waals surface area contributed by atoms with Gasteiger partial charge in [-0.1, -0.05) is 12.1 Å². The number of hydrogen-bond acceptors (Lipinski definition) is 4. The predicted molar refractivity (Wildman–Crippen MR) is 85.1 cm³/mol. The molecule has 26 heavy (non-hydrogen) atoms. The van der Waals surface area contributed by atoms with Crippen molar-refractivity contribution < 1.29 is 27.4 Å². The maximum atomic E-state index is 12.7. The van der Waals surface area contributed by atoms with Crippen molar-refractivity contribution >= 4 is 5.91 Å². The van der Waals surface area contributed by atoms with Gasteiger partial charge in [0.05, 0.1) is 12.1 Å². The largest absolute Gasteiger partial charge is 0.486 e. The van der Waals surface area contributed by atoms with E-state index in [2.05, 4.69) is 5.32 Å². The summed E-state index contributed by atoms with van der Waals surface area (Å²) in [5.74, 6) is 0.548. The lowest BCUT2D eigenvalue weighted by atomic mass is 10.2. The smallest absolute Gasteiger partial charge is 0.417 e. The molecule has 1 unspecified atom stereocenters. The van der Waals surface area contributed by atoms with Crippen LogP contribution in [0, 0.1) is 0 Å². The third-order valence-corrected chi connectivity index (χ3v) is 3.72. The maximum absolute atomic E-state index is 12.7. The first kappa shape index (κ1) is 17.8. The second-order valence-electron chi connectivity index (χ2n) is 5.68. The average Bonchev–Trinajstić information content (AvgIpc) is 2.60. The van der Waals surface area contributed by atoms with Crippen LogP contribution in [-0.4, -0.2) is 29.7 Å². The zero-order valence-corrected chi connectivity index (χ0v) is 13.5. The molecule has 1 amide bonds. The number of fused-ring (bicyclic) bond motifs is 1. The van der Waals surface area contributed by atoms with Crippen LogP contribution < -0.4 is 20.3 Å². The topological polar surface area (TPSA) is 69.6 Å². The van der Waals surface area contributed by atoms with E-state index in [9.17, 15) is 22.8 Å². The van der Waals surface area contributed by atoms with Crippen LogP contribution >= 0.6 is 0 Å². The van der Waals surface area contributed by atoms with Gasteiger partial charge in [-0.15, -0.1) is 0 Å². The first-order chi connectivity index (χ1) is 12.3. The average molecular weight is 368 g/mol. The summed E-state index contributed by atoms with van der Waals surface area (Å²) in [5.41, 5.74) is -1.69. The van der Waals surface area contributed by atoms with Crippen LogP contribution in [0.2, 0.25) is 0 Å². The summed E-state index contributed by atoms with van der Waals surface area (Å²) < 4.78 is 50.0. The van der Waals surface area contributed by atoms with Crippen molar-refractivity contribution in [3.8, 4) is 11.5 Å². The molecule has 0 saturated carbocycles. The number of para-hydroxylation sites is 2. The van der Waals surface area contributed by atoms with Crippen molar-refractivity contribution in [1.29, 1.82) is 0 Å². The summed E-state index contributed by atoms with van der Waals surface area (Å²) in [6.45, 7) is -0.200. The van der Waals surface area contributed by atoms with E-state index in [0.717, 1.165) is 6.07 Å². The number of benzene rings is 1. The number of hydrogen-bond donors (Lipinski definition) is 1. The maximum Gasteiger partial charge on any atom is 0.417 e. The molecule has 1 aliphatic heterocycles. The minimum Gasteiger partial charge on any atom is -0.486 e. The van der Waals surface area contributed by atoms with Crippen molar-refractivity contribution in [2.45, 2.75) is 18.8 Å². The van der Waals surface area contributed by atoms with Crippen molar-refractivity contribution in [1.82, 2.24) is 9.88 Å². The van der Waals surface area contributed by atoms with Gasteiger partial charge in [0.15, 0.2) is 11.5 Å². The highest BCUT2D eigenvalue weighted by Gasteiger charge is 2.31. The minimum atomic E-state index is -4.59. The summed E-state index contributed by atoms with van der Waals surface area (Å²) in [4.78, 5) is 23.6. The van der Waals surface area contributed by atoms with Crippen LogP contribution in [0.1, 0.15) is 5.56 Å². The molecule has 0 bridgehead atoms. The molecule has 3 rings (SSSR count). The third kappa shape index (κ3) is 4.16. The molecule has 0 fully saturated rings. The van der Waals surface area contributed by atoms with E-state index in [-0.39, 0.29) is 13.2 Å². The molecule has 2 aromatic rings. The molecule has 0 saturated heterocycles. The van der Waals surface area contributed by atoms with Crippen LogP contribution in [0.15, 0.2) is 47.4 Å². The number of carbonyl (C=O) groups excluding carboxylic acids is 1.